The molecular formula is C12H11BrN3OP. The molecule has 0 fully saturated rings. The molecule has 1 N–H and O–H groups in total. The Kier molecular flexibility index (Phi) is 3.64. The fourth-order valence-electron chi connectivity index (χ4n) is 1.67. The van der Waals surface area contributed by atoms with Crippen LogP contribution in [0.3, 0.4) is 0 Å². The Balaban J connectivity index is 0.00000120. The summed E-state index contributed by atoms with van der Waals surface area (Å²) in [6.45, 7) is 0. The molecule has 0 amide bonds. The minimum Gasteiger partial charge on any atom is -0.506 e. The molecule has 2 aromatic carbocycles. The molecule has 92 valence electrons. The summed E-state index contributed by atoms with van der Waals surface area (Å²) in [7, 11) is 2.58. The minimum atomic E-state index is 0. The number of benzene rings is 2. The Hall–Kier alpha value is -1.45. The number of aromatic hydroxyl groups is 1. The fraction of sp³-hybridized carbons (Fsp3) is 0. The molecule has 0 aliphatic carbocycles. The maximum atomic E-state index is 9.80. The van der Waals surface area contributed by atoms with Crippen molar-refractivity contribution in [3.05, 3.63) is 42.5 Å². The van der Waals surface area contributed by atoms with E-state index in [1.807, 2.05) is 36.4 Å². The van der Waals surface area contributed by atoms with Crippen LogP contribution in [0.15, 0.2) is 42.5 Å². The Bertz CT molecular complexity index is 666. The molecule has 1 heterocycles. The van der Waals surface area contributed by atoms with Crippen LogP contribution >= 0.6 is 26.2 Å². The zero-order valence-corrected chi connectivity index (χ0v) is 12.2. The molecule has 4 nitrogen and oxygen atoms in total. The molecule has 0 aliphatic rings. The van der Waals surface area contributed by atoms with Crippen molar-refractivity contribution in [2.75, 3.05) is 0 Å². The lowest BCUT2D eigenvalue weighted by Gasteiger charge is -2.03. The predicted molar refractivity (Wildman–Crippen MR) is 80.2 cm³/mol. The molecule has 3 rings (SSSR count). The van der Waals surface area contributed by atoms with Gasteiger partial charge in [0, 0.05) is 0 Å². The normalized spacial score (nSPS) is 10.3. The Morgan fingerprint density at radius 2 is 1.61 bits per heavy atom. The van der Waals surface area contributed by atoms with Gasteiger partial charge in [-0.15, -0.1) is 41.2 Å². The van der Waals surface area contributed by atoms with Gasteiger partial charge in [0.15, 0.2) is 0 Å². The second kappa shape index (κ2) is 5.04. The topological polar surface area (TPSA) is 50.9 Å². The van der Waals surface area contributed by atoms with E-state index in [2.05, 4.69) is 19.4 Å². The second-order valence-corrected chi connectivity index (χ2v) is 4.39. The number of rotatable bonds is 1. The smallest absolute Gasteiger partial charge is 0.143 e. The molecule has 0 spiro atoms. The standard InChI is InChI=1S/C12H10N3OP.BrH/c16-12-6-5-8(17)7-11(12)15-13-9-3-1-2-4-10(9)14-15;/h1-7,16H,17H2;1H. The monoisotopic (exact) mass is 323 g/mol. The number of phenolic OH excluding ortho intramolecular Hbond substituents is 1. The maximum absolute atomic E-state index is 9.80. The molecule has 3 aromatic rings. The summed E-state index contributed by atoms with van der Waals surface area (Å²) >= 11 is 0. The van der Waals surface area contributed by atoms with Crippen molar-refractivity contribution in [2.45, 2.75) is 0 Å². The van der Waals surface area contributed by atoms with Crippen LogP contribution < -0.4 is 5.30 Å². The van der Waals surface area contributed by atoms with Crippen LogP contribution in [-0.2, 0) is 0 Å². The third kappa shape index (κ3) is 2.24. The molecule has 18 heavy (non-hydrogen) atoms. The van der Waals surface area contributed by atoms with Crippen molar-refractivity contribution in [1.29, 1.82) is 0 Å². The molecule has 6 heteroatoms. The van der Waals surface area contributed by atoms with E-state index in [-0.39, 0.29) is 22.7 Å². The first kappa shape index (κ1) is 13.0. The number of phenols is 1. The highest BCUT2D eigenvalue weighted by Crippen LogP contribution is 2.20. The molecule has 1 atom stereocenters. The number of nitrogens with zero attached hydrogens (tertiary/aromatic N) is 3. The van der Waals surface area contributed by atoms with Gasteiger partial charge in [-0.25, -0.2) is 0 Å². The average molecular weight is 324 g/mol. The van der Waals surface area contributed by atoms with Crippen molar-refractivity contribution >= 4 is 42.6 Å². The zero-order chi connectivity index (χ0) is 11.8. The molecule has 0 saturated carbocycles. The van der Waals surface area contributed by atoms with E-state index in [4.69, 9.17) is 0 Å². The molecule has 1 unspecified atom stereocenters. The summed E-state index contributed by atoms with van der Waals surface area (Å²) in [5, 5.41) is 19.4. The first-order valence-electron chi connectivity index (χ1n) is 5.15. The van der Waals surface area contributed by atoms with Crippen molar-refractivity contribution in [3.8, 4) is 11.4 Å². The predicted octanol–water partition coefficient (Wildman–Crippen LogP) is 2.20. The third-order valence-electron chi connectivity index (χ3n) is 2.50. The van der Waals surface area contributed by atoms with Crippen LogP contribution in [-0.4, -0.2) is 20.1 Å². The van der Waals surface area contributed by atoms with Gasteiger partial charge < -0.3 is 5.11 Å². The van der Waals surface area contributed by atoms with Crippen molar-refractivity contribution < 1.29 is 5.11 Å². The molecule has 0 aliphatic heterocycles. The average Bonchev–Trinajstić information content (AvgIpc) is 2.75. The highest BCUT2D eigenvalue weighted by molar-refractivity contribution is 8.93. The quantitative estimate of drug-likeness (QED) is 0.698. The number of halogens is 1. The fourth-order valence-corrected chi connectivity index (χ4v) is 1.92. The van der Waals surface area contributed by atoms with Crippen LogP contribution in [0, 0.1) is 0 Å². The van der Waals surface area contributed by atoms with Crippen LogP contribution in [0.4, 0.5) is 0 Å². The van der Waals surface area contributed by atoms with Crippen LogP contribution in [0.5, 0.6) is 5.75 Å². The van der Waals surface area contributed by atoms with Gasteiger partial charge in [-0.05, 0) is 29.6 Å². The number of hydrogen-bond acceptors (Lipinski definition) is 3. The summed E-state index contributed by atoms with van der Waals surface area (Å²) in [5.41, 5.74) is 2.19. The summed E-state index contributed by atoms with van der Waals surface area (Å²) in [6, 6.07) is 12.9. The van der Waals surface area contributed by atoms with E-state index >= 15 is 0 Å². The van der Waals surface area contributed by atoms with Gasteiger partial charge in [-0.1, -0.05) is 18.2 Å². The van der Waals surface area contributed by atoms with Gasteiger partial charge in [0.2, 0.25) is 0 Å². The number of fused-ring (bicyclic) bond motifs is 1. The van der Waals surface area contributed by atoms with E-state index in [0.29, 0.717) is 5.69 Å². The summed E-state index contributed by atoms with van der Waals surface area (Å²) in [4.78, 5) is 1.45. The first-order chi connectivity index (χ1) is 8.24. The number of aromatic nitrogens is 3. The van der Waals surface area contributed by atoms with Crippen LogP contribution in [0.2, 0.25) is 0 Å². The molecule has 1 aromatic heterocycles. The lowest BCUT2D eigenvalue weighted by atomic mass is 10.3. The van der Waals surface area contributed by atoms with E-state index in [1.54, 1.807) is 6.07 Å². The van der Waals surface area contributed by atoms with E-state index in [0.717, 1.165) is 16.3 Å². The van der Waals surface area contributed by atoms with Gasteiger partial charge >= 0.3 is 0 Å². The highest BCUT2D eigenvalue weighted by Gasteiger charge is 2.08. The minimum absolute atomic E-state index is 0. The highest BCUT2D eigenvalue weighted by atomic mass is 79.9. The second-order valence-electron chi connectivity index (χ2n) is 3.73. The zero-order valence-electron chi connectivity index (χ0n) is 9.32. The van der Waals surface area contributed by atoms with Gasteiger partial charge in [0.1, 0.15) is 22.5 Å². The first-order valence-corrected chi connectivity index (χ1v) is 5.73. The summed E-state index contributed by atoms with van der Waals surface area (Å²) in [5.74, 6) is 0.163. The van der Waals surface area contributed by atoms with E-state index < -0.39 is 0 Å². The number of hydrogen-bond donors (Lipinski definition) is 1. The van der Waals surface area contributed by atoms with Crippen molar-refractivity contribution in [2.24, 2.45) is 0 Å². The van der Waals surface area contributed by atoms with Crippen molar-refractivity contribution in [1.82, 2.24) is 15.0 Å². The summed E-state index contributed by atoms with van der Waals surface area (Å²) < 4.78 is 0. The largest absolute Gasteiger partial charge is 0.506 e. The summed E-state index contributed by atoms with van der Waals surface area (Å²) in [6.07, 6.45) is 0. The Morgan fingerprint density at radius 3 is 2.22 bits per heavy atom. The lowest BCUT2D eigenvalue weighted by Crippen LogP contribution is -2.02. The Labute approximate surface area is 117 Å². The molecular weight excluding hydrogens is 313 g/mol. The van der Waals surface area contributed by atoms with Gasteiger partial charge in [0.25, 0.3) is 0 Å². The SMILES string of the molecule is Br.Oc1ccc(P)cc1-n1nc2ccccc2n1. The van der Waals surface area contributed by atoms with Crippen molar-refractivity contribution in [3.63, 3.8) is 0 Å². The lowest BCUT2D eigenvalue weighted by molar-refractivity contribution is 0.468. The maximum Gasteiger partial charge on any atom is 0.143 e. The third-order valence-corrected chi connectivity index (χ3v) is 2.86. The van der Waals surface area contributed by atoms with Crippen LogP contribution in [0.1, 0.15) is 0 Å². The molecule has 0 radical (unpaired) electrons. The van der Waals surface area contributed by atoms with E-state index in [1.165, 1.54) is 4.80 Å². The van der Waals surface area contributed by atoms with Gasteiger partial charge in [0.05, 0.1) is 0 Å². The molecule has 0 saturated heterocycles. The Morgan fingerprint density at radius 1 is 1.00 bits per heavy atom. The van der Waals surface area contributed by atoms with Crippen LogP contribution in [0.25, 0.3) is 16.7 Å². The molecule has 0 bridgehead atoms. The van der Waals surface area contributed by atoms with E-state index in [9.17, 15) is 5.11 Å². The van der Waals surface area contributed by atoms with Gasteiger partial charge in [-0.2, -0.15) is 0 Å². The van der Waals surface area contributed by atoms with Gasteiger partial charge in [-0.3, -0.25) is 0 Å².